The number of aliphatic hydroxyl groups excluding tert-OH is 1. The first-order valence-electron chi connectivity index (χ1n) is 14.3. The number of thiophene rings is 1. The number of oxime groups is 1. The molecule has 0 radical (unpaired) electrons. The zero-order chi connectivity index (χ0) is 29.9. The summed E-state index contributed by atoms with van der Waals surface area (Å²) in [6.07, 6.45) is 3.08. The summed E-state index contributed by atoms with van der Waals surface area (Å²) >= 11 is 1.57. The van der Waals surface area contributed by atoms with Crippen LogP contribution in [0, 0.1) is 23.7 Å². The number of carbonyl (C=O) groups excluding carboxylic acids is 4. The van der Waals surface area contributed by atoms with Crippen LogP contribution in [0.1, 0.15) is 70.6 Å². The van der Waals surface area contributed by atoms with E-state index in [-0.39, 0.29) is 61.2 Å². The maximum absolute atomic E-state index is 13.1. The standard InChI is InChI=1S/C31H41NO8S/c1-5-13-38-29(36)16-22(34)15-21(33)9-10-24-20(4)27(35)17-25-26(32-39-18-23-8-7-14-41-23)11-12-28(30(24)25)40-31(37)19(3)6-2/h5,7-8,14,17,19-20,22,24,28,30,34H,1,6,9-13,15-16,18H2,2-4H3. The lowest BCUT2D eigenvalue weighted by atomic mass is 9.63. The molecule has 1 heterocycles. The molecule has 0 amide bonds. The van der Waals surface area contributed by atoms with Gasteiger partial charge in [0, 0.05) is 29.6 Å². The van der Waals surface area contributed by atoms with E-state index in [0.29, 0.717) is 43.6 Å². The van der Waals surface area contributed by atoms with Gasteiger partial charge in [-0.15, -0.1) is 11.3 Å². The number of allylic oxidation sites excluding steroid dienone is 1. The first-order valence-corrected chi connectivity index (χ1v) is 15.2. The van der Waals surface area contributed by atoms with Crippen molar-refractivity contribution in [3.8, 4) is 0 Å². The van der Waals surface area contributed by atoms with Crippen LogP contribution in [-0.2, 0) is 40.1 Å². The topological polar surface area (TPSA) is 129 Å². The summed E-state index contributed by atoms with van der Waals surface area (Å²) in [4.78, 5) is 57.1. The molecule has 6 unspecified atom stereocenters. The van der Waals surface area contributed by atoms with E-state index in [2.05, 4.69) is 11.7 Å². The van der Waals surface area contributed by atoms with Crippen molar-refractivity contribution < 1.29 is 38.6 Å². The third kappa shape index (κ3) is 9.19. The minimum absolute atomic E-state index is 0.0392. The molecule has 1 aromatic heterocycles. The summed E-state index contributed by atoms with van der Waals surface area (Å²) in [7, 11) is 0. The van der Waals surface area contributed by atoms with Crippen LogP contribution in [0.2, 0.25) is 0 Å². The van der Waals surface area contributed by atoms with E-state index in [0.717, 1.165) is 4.88 Å². The third-order valence-corrected chi connectivity index (χ3v) is 8.69. The number of ketones is 2. The van der Waals surface area contributed by atoms with Crippen molar-refractivity contribution >= 4 is 40.6 Å². The molecule has 1 aromatic rings. The van der Waals surface area contributed by atoms with Gasteiger partial charge in [0.1, 0.15) is 18.5 Å². The minimum Gasteiger partial charge on any atom is -0.461 e. The van der Waals surface area contributed by atoms with Crippen molar-refractivity contribution in [2.75, 3.05) is 6.61 Å². The average Bonchev–Trinajstić information content (AvgIpc) is 3.46. The Bertz CT molecular complexity index is 1140. The van der Waals surface area contributed by atoms with Crippen LogP contribution < -0.4 is 0 Å². The van der Waals surface area contributed by atoms with Crippen molar-refractivity contribution in [1.82, 2.24) is 0 Å². The summed E-state index contributed by atoms with van der Waals surface area (Å²) in [6.45, 7) is 9.42. The van der Waals surface area contributed by atoms with Crippen molar-refractivity contribution in [3.63, 3.8) is 0 Å². The number of aliphatic hydroxyl groups is 1. The van der Waals surface area contributed by atoms with Crippen LogP contribution in [0.25, 0.3) is 0 Å². The molecule has 41 heavy (non-hydrogen) atoms. The van der Waals surface area contributed by atoms with Crippen LogP contribution in [0.15, 0.2) is 47.0 Å². The van der Waals surface area contributed by atoms with Gasteiger partial charge in [0.25, 0.3) is 0 Å². The normalized spacial score (nSPS) is 24.5. The molecule has 224 valence electrons. The van der Waals surface area contributed by atoms with E-state index < -0.39 is 24.1 Å². The largest absolute Gasteiger partial charge is 0.461 e. The summed E-state index contributed by atoms with van der Waals surface area (Å²) < 4.78 is 10.9. The summed E-state index contributed by atoms with van der Waals surface area (Å²) in [5.41, 5.74) is 1.36. The van der Waals surface area contributed by atoms with Gasteiger partial charge in [-0.25, -0.2) is 0 Å². The van der Waals surface area contributed by atoms with Gasteiger partial charge in [-0.1, -0.05) is 44.6 Å². The fourth-order valence-corrected chi connectivity index (χ4v) is 5.93. The van der Waals surface area contributed by atoms with E-state index >= 15 is 0 Å². The maximum atomic E-state index is 13.1. The lowest BCUT2D eigenvalue weighted by Gasteiger charge is -2.43. The zero-order valence-electron chi connectivity index (χ0n) is 24.1. The Morgan fingerprint density at radius 1 is 1.29 bits per heavy atom. The van der Waals surface area contributed by atoms with Crippen LogP contribution in [-0.4, -0.2) is 53.1 Å². The first kappa shape index (κ1) is 32.4. The number of nitrogens with zero attached hydrogens (tertiary/aromatic N) is 1. The Morgan fingerprint density at radius 2 is 2.07 bits per heavy atom. The predicted octanol–water partition coefficient (Wildman–Crippen LogP) is 4.97. The highest BCUT2D eigenvalue weighted by molar-refractivity contribution is 7.09. The lowest BCUT2D eigenvalue weighted by Crippen LogP contribution is -2.46. The Balaban J connectivity index is 1.76. The highest BCUT2D eigenvalue weighted by atomic mass is 32.1. The molecule has 10 heteroatoms. The zero-order valence-corrected chi connectivity index (χ0v) is 24.9. The lowest BCUT2D eigenvalue weighted by molar-refractivity contribution is -0.158. The second kappa shape index (κ2) is 15.8. The molecule has 1 saturated carbocycles. The van der Waals surface area contributed by atoms with Gasteiger partial charge in [0.15, 0.2) is 12.4 Å². The van der Waals surface area contributed by atoms with Crippen molar-refractivity contribution in [3.05, 3.63) is 46.7 Å². The maximum Gasteiger partial charge on any atom is 0.308 e. The quantitative estimate of drug-likeness (QED) is 0.173. The van der Waals surface area contributed by atoms with Gasteiger partial charge in [-0.2, -0.15) is 0 Å². The molecular formula is C31H41NO8S. The molecular weight excluding hydrogens is 546 g/mol. The number of rotatable bonds is 15. The monoisotopic (exact) mass is 587 g/mol. The SMILES string of the molecule is C=CCOC(=O)CC(O)CC(=O)CCC1C(C)C(=O)C=C2C(=NOCc3cccs3)CCC(OC(=O)C(C)CC)C21. The van der Waals surface area contributed by atoms with Gasteiger partial charge in [0.05, 0.1) is 24.2 Å². The molecule has 2 aliphatic rings. The molecule has 0 aliphatic heterocycles. The van der Waals surface area contributed by atoms with Gasteiger partial charge in [-0.3, -0.25) is 19.2 Å². The number of fused-ring (bicyclic) bond motifs is 1. The molecule has 0 bridgehead atoms. The third-order valence-electron chi connectivity index (χ3n) is 7.84. The smallest absolute Gasteiger partial charge is 0.308 e. The molecule has 0 spiro atoms. The van der Waals surface area contributed by atoms with Crippen LogP contribution in [0.3, 0.4) is 0 Å². The molecule has 3 rings (SSSR count). The molecule has 1 fully saturated rings. The highest BCUT2D eigenvalue weighted by Crippen LogP contribution is 2.44. The first-order chi connectivity index (χ1) is 19.6. The van der Waals surface area contributed by atoms with Crippen molar-refractivity contribution in [2.45, 2.75) is 84.5 Å². The summed E-state index contributed by atoms with van der Waals surface area (Å²) in [5, 5.41) is 16.6. The molecule has 6 atom stereocenters. The Hall–Kier alpha value is -3.11. The predicted molar refractivity (Wildman–Crippen MR) is 155 cm³/mol. The van der Waals surface area contributed by atoms with Crippen molar-refractivity contribution in [1.29, 1.82) is 0 Å². The Morgan fingerprint density at radius 3 is 2.76 bits per heavy atom. The van der Waals surface area contributed by atoms with E-state index in [9.17, 15) is 24.3 Å². The van der Waals surface area contributed by atoms with Crippen LogP contribution >= 0.6 is 11.3 Å². The highest BCUT2D eigenvalue weighted by Gasteiger charge is 2.46. The van der Waals surface area contributed by atoms with E-state index in [1.54, 1.807) is 17.4 Å². The number of esters is 2. The van der Waals surface area contributed by atoms with E-state index in [1.165, 1.54) is 6.08 Å². The average molecular weight is 588 g/mol. The van der Waals surface area contributed by atoms with E-state index in [4.69, 9.17) is 14.3 Å². The summed E-state index contributed by atoms with van der Waals surface area (Å²) in [6, 6.07) is 3.89. The summed E-state index contributed by atoms with van der Waals surface area (Å²) in [5.74, 6) is -2.43. The fraction of sp³-hybridized carbons (Fsp3) is 0.581. The number of carbonyl (C=O) groups is 4. The van der Waals surface area contributed by atoms with E-state index in [1.807, 2.05) is 38.3 Å². The Labute approximate surface area is 245 Å². The second-order valence-corrected chi connectivity index (χ2v) is 11.8. The fourth-order valence-electron chi connectivity index (χ4n) is 5.32. The van der Waals surface area contributed by atoms with Gasteiger partial charge >= 0.3 is 11.9 Å². The molecule has 1 N–H and O–H groups in total. The molecule has 0 aromatic carbocycles. The number of Topliss-reactive ketones (excluding diaryl/α,β-unsaturated/α-hetero) is 1. The number of ether oxygens (including phenoxy) is 2. The van der Waals surface area contributed by atoms with Crippen molar-refractivity contribution in [2.24, 2.45) is 28.8 Å². The second-order valence-electron chi connectivity index (χ2n) is 10.8. The van der Waals surface area contributed by atoms with Gasteiger partial charge in [-0.05, 0) is 54.7 Å². The van der Waals surface area contributed by atoms with Gasteiger partial charge in [0.2, 0.25) is 0 Å². The number of hydrogen-bond acceptors (Lipinski definition) is 10. The van der Waals surface area contributed by atoms with Crippen LogP contribution in [0.5, 0.6) is 0 Å². The number of hydrogen-bond donors (Lipinski definition) is 1. The molecule has 2 aliphatic carbocycles. The Kier molecular flexibility index (Phi) is 12.5. The minimum atomic E-state index is -1.15. The van der Waals surface area contributed by atoms with Gasteiger partial charge < -0.3 is 19.4 Å². The molecule has 0 saturated heterocycles. The van der Waals surface area contributed by atoms with Crippen LogP contribution in [0.4, 0.5) is 0 Å². The molecule has 9 nitrogen and oxygen atoms in total.